The monoisotopic (exact) mass is 292 g/mol. The molecule has 0 fully saturated rings. The molecule has 7 nitrogen and oxygen atoms in total. The minimum absolute atomic E-state index is 0.101. The van der Waals surface area contributed by atoms with Crippen molar-refractivity contribution < 1.29 is 18.5 Å². The van der Waals surface area contributed by atoms with E-state index in [1.54, 1.807) is 13.8 Å². The van der Waals surface area contributed by atoms with E-state index >= 15 is 0 Å². The van der Waals surface area contributed by atoms with Crippen molar-refractivity contribution in [2.75, 3.05) is 19.0 Å². The highest BCUT2D eigenvalue weighted by atomic mass is 32.2. The molecule has 1 heterocycles. The number of nitrogens with zero attached hydrogens (tertiary/aromatic N) is 2. The van der Waals surface area contributed by atoms with Gasteiger partial charge < -0.3 is 9.47 Å². The Kier molecular flexibility index (Phi) is 5.86. The highest BCUT2D eigenvalue weighted by Gasteiger charge is 2.16. The van der Waals surface area contributed by atoms with Crippen molar-refractivity contribution in [1.82, 2.24) is 8.75 Å². The molecule has 0 aromatic carbocycles. The molecule has 0 aliphatic carbocycles. The fourth-order valence-electron chi connectivity index (χ4n) is 0.972. The zero-order chi connectivity index (χ0) is 13.5. The van der Waals surface area contributed by atoms with E-state index in [1.165, 1.54) is 0 Å². The van der Waals surface area contributed by atoms with Crippen LogP contribution < -0.4 is 10.2 Å². The maximum atomic E-state index is 11.8. The molecule has 0 saturated carbocycles. The second kappa shape index (κ2) is 7.17. The zero-order valence-corrected chi connectivity index (χ0v) is 11.5. The van der Waals surface area contributed by atoms with Crippen LogP contribution in [-0.2, 0) is 20.3 Å². The summed E-state index contributed by atoms with van der Waals surface area (Å²) < 4.78 is 28.4. The summed E-state index contributed by atoms with van der Waals surface area (Å²) in [6.07, 6.45) is 0. The second-order valence-electron chi connectivity index (χ2n) is 2.93. The summed E-state index contributed by atoms with van der Waals surface area (Å²) in [5, 5.41) is -0.101. The zero-order valence-electron chi connectivity index (χ0n) is 9.87. The van der Waals surface area contributed by atoms with E-state index in [2.05, 4.69) is 13.5 Å². The lowest BCUT2D eigenvalue weighted by Gasteiger charge is -2.04. The third-order valence-electron chi connectivity index (χ3n) is 1.75. The van der Waals surface area contributed by atoms with Crippen LogP contribution in [0.3, 0.4) is 0 Å². The maximum absolute atomic E-state index is 11.8. The molecule has 100 valence electrons. The van der Waals surface area contributed by atoms with Crippen molar-refractivity contribution in [1.29, 1.82) is 0 Å². The van der Waals surface area contributed by atoms with Gasteiger partial charge in [-0.2, -0.15) is 4.37 Å². The molecule has 1 rings (SSSR count). The Morgan fingerprint density at radius 3 is 2.72 bits per heavy atom. The predicted molar refractivity (Wildman–Crippen MR) is 65.3 cm³/mol. The molecule has 18 heavy (non-hydrogen) atoms. The lowest BCUT2D eigenvalue weighted by Crippen LogP contribution is -2.21. The molecule has 0 aliphatic heterocycles. The molecule has 0 N–H and O–H groups in total. The van der Waals surface area contributed by atoms with E-state index in [1.807, 2.05) is 0 Å². The number of aromatic nitrogens is 2. The van der Waals surface area contributed by atoms with Crippen molar-refractivity contribution in [3.63, 3.8) is 0 Å². The van der Waals surface area contributed by atoms with Crippen molar-refractivity contribution >= 4 is 28.5 Å². The van der Waals surface area contributed by atoms with Gasteiger partial charge in [0, 0.05) is 5.75 Å². The van der Waals surface area contributed by atoms with Crippen LogP contribution in [0.5, 0.6) is 5.88 Å². The highest BCUT2D eigenvalue weighted by Crippen LogP contribution is 2.05. The number of carbonyl (C=O) groups is 1. The Balaban J connectivity index is 2.82. The average Bonchev–Trinajstić information content (AvgIpc) is 2.37. The molecule has 0 saturated heterocycles. The molecular weight excluding hydrogens is 280 g/mol. The third-order valence-corrected chi connectivity index (χ3v) is 3.61. The number of rotatable bonds is 6. The van der Waals surface area contributed by atoms with Gasteiger partial charge in [-0.1, -0.05) is 6.92 Å². The summed E-state index contributed by atoms with van der Waals surface area (Å²) >= 11 is 0.709. The molecule has 0 radical (unpaired) electrons. The van der Waals surface area contributed by atoms with E-state index in [0.717, 1.165) is 0 Å². The topological polar surface area (TPSA) is 95.4 Å². The maximum Gasteiger partial charge on any atom is 0.344 e. The summed E-state index contributed by atoms with van der Waals surface area (Å²) in [6.45, 7) is 3.14. The molecule has 1 unspecified atom stereocenters. The van der Waals surface area contributed by atoms with Gasteiger partial charge >= 0.3 is 5.97 Å². The van der Waals surface area contributed by atoms with Gasteiger partial charge in [-0.3, -0.25) is 9.00 Å². The molecule has 1 atom stereocenters. The Labute approximate surface area is 110 Å². The van der Waals surface area contributed by atoms with Crippen molar-refractivity contribution in [2.24, 2.45) is 0 Å². The molecular formula is C9H12N2O5S2. The predicted octanol–water partition coefficient (Wildman–Crippen LogP) is -0.0323. The normalized spacial score (nSPS) is 11.9. The van der Waals surface area contributed by atoms with E-state index in [4.69, 9.17) is 4.74 Å². The van der Waals surface area contributed by atoms with E-state index < -0.39 is 28.8 Å². The summed E-state index contributed by atoms with van der Waals surface area (Å²) in [7, 11) is -1.48. The molecule has 9 heteroatoms. The van der Waals surface area contributed by atoms with E-state index in [9.17, 15) is 13.8 Å². The molecule has 0 bridgehead atoms. The summed E-state index contributed by atoms with van der Waals surface area (Å²) in [4.78, 5) is 22.8. The number of ether oxygens (including phenoxy) is 2. The number of carbonyl (C=O) groups excluding carboxylic acids is 1. The van der Waals surface area contributed by atoms with Crippen molar-refractivity contribution in [3.05, 3.63) is 10.2 Å². The third kappa shape index (κ3) is 3.84. The number of hydrogen-bond acceptors (Lipinski definition) is 8. The van der Waals surface area contributed by atoms with Crippen molar-refractivity contribution in [2.45, 2.75) is 18.9 Å². The molecule has 1 aromatic rings. The van der Waals surface area contributed by atoms with Gasteiger partial charge in [0.2, 0.25) is 0 Å². The van der Waals surface area contributed by atoms with Crippen LogP contribution in [0.4, 0.5) is 0 Å². The van der Waals surface area contributed by atoms with Crippen LogP contribution in [-0.4, -0.2) is 37.9 Å². The molecule has 1 aromatic heterocycles. The van der Waals surface area contributed by atoms with Crippen LogP contribution in [0.15, 0.2) is 9.82 Å². The van der Waals surface area contributed by atoms with Gasteiger partial charge in [-0.25, -0.2) is 4.79 Å². The van der Waals surface area contributed by atoms with E-state index in [-0.39, 0.29) is 23.3 Å². The Morgan fingerprint density at radius 2 is 2.11 bits per heavy atom. The Hall–Kier alpha value is -1.35. The van der Waals surface area contributed by atoms with E-state index in [0.29, 0.717) is 11.7 Å². The van der Waals surface area contributed by atoms with Crippen LogP contribution in [0.25, 0.3) is 0 Å². The Bertz CT molecular complexity index is 502. The second-order valence-corrected chi connectivity index (χ2v) is 5.12. The number of hydrogen-bond donors (Lipinski definition) is 0. The number of esters is 1. The van der Waals surface area contributed by atoms with Gasteiger partial charge in [0.05, 0.1) is 29.1 Å². The molecule has 0 amide bonds. The van der Waals surface area contributed by atoms with Crippen LogP contribution in [0.2, 0.25) is 0 Å². The van der Waals surface area contributed by atoms with Crippen molar-refractivity contribution in [3.8, 4) is 5.88 Å². The first-order chi connectivity index (χ1) is 8.60. The smallest absolute Gasteiger partial charge is 0.344 e. The van der Waals surface area contributed by atoms with Gasteiger partial charge in [0.15, 0.2) is 11.6 Å². The van der Waals surface area contributed by atoms with Crippen LogP contribution in [0, 0.1) is 0 Å². The average molecular weight is 292 g/mol. The SMILES string of the molecule is CCOC(=O)COc1nsnc(S(=O)CC)c1=O. The van der Waals surface area contributed by atoms with Gasteiger partial charge in [0.1, 0.15) is 0 Å². The first-order valence-corrected chi connectivity index (χ1v) is 7.18. The van der Waals surface area contributed by atoms with Crippen LogP contribution in [0.1, 0.15) is 13.8 Å². The summed E-state index contributed by atoms with van der Waals surface area (Å²) in [5.41, 5.74) is -0.654. The van der Waals surface area contributed by atoms with Gasteiger partial charge in [-0.05, 0) is 6.92 Å². The first kappa shape index (κ1) is 14.7. The molecule has 0 spiro atoms. The fraction of sp³-hybridized carbons (Fsp3) is 0.556. The molecule has 0 aliphatic rings. The van der Waals surface area contributed by atoms with Crippen LogP contribution >= 0.6 is 11.7 Å². The minimum Gasteiger partial charge on any atom is -0.463 e. The highest BCUT2D eigenvalue weighted by molar-refractivity contribution is 7.84. The van der Waals surface area contributed by atoms with Gasteiger partial charge in [-0.15, -0.1) is 4.37 Å². The Morgan fingerprint density at radius 1 is 1.39 bits per heavy atom. The standard InChI is InChI=1S/C9H12N2O5S2/c1-3-15-6(12)5-16-8-7(13)9(11-17-10-8)18(14)4-2/h3-5H2,1-2H3. The summed E-state index contributed by atoms with van der Waals surface area (Å²) in [5.74, 6) is -0.602. The summed E-state index contributed by atoms with van der Waals surface area (Å²) in [6, 6.07) is 0. The largest absolute Gasteiger partial charge is 0.463 e. The lowest BCUT2D eigenvalue weighted by atomic mass is 10.6. The first-order valence-electron chi connectivity index (χ1n) is 5.13. The lowest BCUT2D eigenvalue weighted by molar-refractivity contribution is -0.145. The fourth-order valence-corrected chi connectivity index (χ4v) is 2.38. The quantitative estimate of drug-likeness (QED) is 0.679. The van der Waals surface area contributed by atoms with Gasteiger partial charge in [0.25, 0.3) is 11.3 Å². The minimum atomic E-state index is -1.48.